The summed E-state index contributed by atoms with van der Waals surface area (Å²) < 4.78 is 5.53. The average molecular weight is 276 g/mol. The van der Waals surface area contributed by atoms with E-state index in [1.807, 2.05) is 18.2 Å². The van der Waals surface area contributed by atoms with Crippen LogP contribution in [0.4, 0.5) is 0 Å². The SMILES string of the molecule is CC(C)CCNC(=O)COc1ccc2c(c1)CC[C@H]2N. The molecule has 0 radical (unpaired) electrons. The lowest BCUT2D eigenvalue weighted by Crippen LogP contribution is -2.30. The molecule has 0 fully saturated rings. The zero-order valence-electron chi connectivity index (χ0n) is 12.3. The molecule has 1 aliphatic rings. The minimum Gasteiger partial charge on any atom is -0.484 e. The van der Waals surface area contributed by atoms with Crippen LogP contribution in [-0.4, -0.2) is 19.1 Å². The third-order valence-electron chi connectivity index (χ3n) is 3.65. The molecule has 0 heterocycles. The summed E-state index contributed by atoms with van der Waals surface area (Å²) in [4.78, 5) is 11.6. The largest absolute Gasteiger partial charge is 0.484 e. The van der Waals surface area contributed by atoms with Crippen molar-refractivity contribution in [3.8, 4) is 5.75 Å². The van der Waals surface area contributed by atoms with Crippen molar-refractivity contribution >= 4 is 5.91 Å². The molecule has 4 heteroatoms. The smallest absolute Gasteiger partial charge is 0.257 e. The second kappa shape index (κ2) is 6.75. The first-order valence-corrected chi connectivity index (χ1v) is 7.34. The molecule has 2 rings (SSSR count). The first-order chi connectivity index (χ1) is 9.56. The van der Waals surface area contributed by atoms with Gasteiger partial charge in [0.05, 0.1) is 0 Å². The van der Waals surface area contributed by atoms with Crippen molar-refractivity contribution in [3.63, 3.8) is 0 Å². The Kier molecular flexibility index (Phi) is 5.01. The van der Waals surface area contributed by atoms with Crippen LogP contribution in [0.3, 0.4) is 0 Å². The van der Waals surface area contributed by atoms with Crippen LogP contribution in [0.2, 0.25) is 0 Å². The molecule has 0 bridgehead atoms. The molecule has 0 spiro atoms. The number of carbonyl (C=O) groups excluding carboxylic acids is 1. The maximum atomic E-state index is 11.6. The van der Waals surface area contributed by atoms with Gasteiger partial charge in [0.25, 0.3) is 5.91 Å². The Morgan fingerprint density at radius 3 is 3.05 bits per heavy atom. The summed E-state index contributed by atoms with van der Waals surface area (Å²) in [5.74, 6) is 1.27. The molecule has 1 aromatic carbocycles. The second-order valence-corrected chi connectivity index (χ2v) is 5.83. The van der Waals surface area contributed by atoms with E-state index in [4.69, 9.17) is 10.5 Å². The predicted molar refractivity (Wildman–Crippen MR) is 79.7 cm³/mol. The standard InChI is InChI=1S/C16H24N2O2/c1-11(2)7-8-18-16(19)10-20-13-4-5-14-12(9-13)3-6-15(14)17/h4-5,9,11,15H,3,6-8,10,17H2,1-2H3,(H,18,19)/t15-/m1/s1. The monoisotopic (exact) mass is 276 g/mol. The van der Waals surface area contributed by atoms with E-state index in [-0.39, 0.29) is 18.6 Å². The van der Waals surface area contributed by atoms with Crippen molar-refractivity contribution in [1.29, 1.82) is 0 Å². The Morgan fingerprint density at radius 1 is 1.50 bits per heavy atom. The highest BCUT2D eigenvalue weighted by Gasteiger charge is 2.19. The number of amides is 1. The van der Waals surface area contributed by atoms with Crippen molar-refractivity contribution in [2.24, 2.45) is 11.7 Å². The van der Waals surface area contributed by atoms with E-state index in [2.05, 4.69) is 19.2 Å². The minimum atomic E-state index is -0.0668. The van der Waals surface area contributed by atoms with Crippen molar-refractivity contribution in [3.05, 3.63) is 29.3 Å². The highest BCUT2D eigenvalue weighted by molar-refractivity contribution is 5.77. The van der Waals surface area contributed by atoms with Gasteiger partial charge in [-0.1, -0.05) is 19.9 Å². The number of ether oxygens (including phenoxy) is 1. The molecule has 0 aliphatic heterocycles. The van der Waals surface area contributed by atoms with Crippen LogP contribution in [0.5, 0.6) is 5.75 Å². The van der Waals surface area contributed by atoms with E-state index in [1.165, 1.54) is 11.1 Å². The van der Waals surface area contributed by atoms with E-state index >= 15 is 0 Å². The van der Waals surface area contributed by atoms with Gasteiger partial charge >= 0.3 is 0 Å². The zero-order valence-corrected chi connectivity index (χ0v) is 12.3. The molecule has 20 heavy (non-hydrogen) atoms. The van der Waals surface area contributed by atoms with E-state index in [0.29, 0.717) is 12.5 Å². The zero-order chi connectivity index (χ0) is 14.5. The second-order valence-electron chi connectivity index (χ2n) is 5.83. The molecule has 0 saturated carbocycles. The fourth-order valence-corrected chi connectivity index (χ4v) is 2.42. The number of fused-ring (bicyclic) bond motifs is 1. The number of benzene rings is 1. The van der Waals surface area contributed by atoms with Crippen LogP contribution < -0.4 is 15.8 Å². The van der Waals surface area contributed by atoms with Crippen LogP contribution in [0.25, 0.3) is 0 Å². The number of aryl methyl sites for hydroxylation is 1. The van der Waals surface area contributed by atoms with E-state index in [9.17, 15) is 4.79 Å². The average Bonchev–Trinajstić information content (AvgIpc) is 2.77. The molecule has 1 amide bonds. The lowest BCUT2D eigenvalue weighted by atomic mass is 10.1. The topological polar surface area (TPSA) is 64.3 Å². The Hall–Kier alpha value is -1.55. The minimum absolute atomic E-state index is 0.0668. The maximum absolute atomic E-state index is 11.6. The van der Waals surface area contributed by atoms with Gasteiger partial charge in [-0.3, -0.25) is 4.79 Å². The van der Waals surface area contributed by atoms with Gasteiger partial charge in [-0.05, 0) is 48.4 Å². The number of rotatable bonds is 6. The Balaban J connectivity index is 1.78. The van der Waals surface area contributed by atoms with Crippen LogP contribution in [0.1, 0.15) is 43.9 Å². The molecular formula is C16H24N2O2. The first-order valence-electron chi connectivity index (χ1n) is 7.34. The van der Waals surface area contributed by atoms with Crippen molar-refractivity contribution in [2.45, 2.75) is 39.2 Å². The molecule has 0 saturated heterocycles. The normalized spacial score (nSPS) is 17.1. The van der Waals surface area contributed by atoms with E-state index in [0.717, 1.165) is 25.0 Å². The Labute approximate surface area is 120 Å². The van der Waals surface area contributed by atoms with Crippen LogP contribution in [0.15, 0.2) is 18.2 Å². The van der Waals surface area contributed by atoms with Gasteiger partial charge in [0, 0.05) is 12.6 Å². The summed E-state index contributed by atoms with van der Waals surface area (Å²) in [6.07, 6.45) is 2.98. The van der Waals surface area contributed by atoms with Crippen LogP contribution >= 0.6 is 0 Å². The maximum Gasteiger partial charge on any atom is 0.257 e. The van der Waals surface area contributed by atoms with Gasteiger partial charge in [-0.25, -0.2) is 0 Å². The van der Waals surface area contributed by atoms with Crippen molar-refractivity contribution < 1.29 is 9.53 Å². The molecule has 1 aliphatic carbocycles. The highest BCUT2D eigenvalue weighted by atomic mass is 16.5. The lowest BCUT2D eigenvalue weighted by molar-refractivity contribution is -0.123. The number of hydrogen-bond acceptors (Lipinski definition) is 3. The van der Waals surface area contributed by atoms with E-state index in [1.54, 1.807) is 0 Å². The van der Waals surface area contributed by atoms with Crippen molar-refractivity contribution in [1.82, 2.24) is 5.32 Å². The number of hydrogen-bond donors (Lipinski definition) is 2. The lowest BCUT2D eigenvalue weighted by Gasteiger charge is -2.10. The number of carbonyl (C=O) groups is 1. The quantitative estimate of drug-likeness (QED) is 0.837. The van der Waals surface area contributed by atoms with Gasteiger partial charge < -0.3 is 15.8 Å². The Bertz CT molecular complexity index is 472. The van der Waals surface area contributed by atoms with Crippen LogP contribution in [-0.2, 0) is 11.2 Å². The third kappa shape index (κ3) is 3.97. The summed E-state index contributed by atoms with van der Waals surface area (Å²) in [5.41, 5.74) is 8.45. The van der Waals surface area contributed by atoms with Gasteiger partial charge in [-0.2, -0.15) is 0 Å². The molecule has 1 aromatic rings. The van der Waals surface area contributed by atoms with Gasteiger partial charge in [0.1, 0.15) is 5.75 Å². The van der Waals surface area contributed by atoms with Gasteiger partial charge in [0.2, 0.25) is 0 Å². The molecule has 1 atom stereocenters. The first kappa shape index (κ1) is 14.9. The predicted octanol–water partition coefficient (Wildman–Crippen LogP) is 2.17. The summed E-state index contributed by atoms with van der Waals surface area (Å²) in [6, 6.07) is 6.06. The fraction of sp³-hybridized carbons (Fsp3) is 0.562. The third-order valence-corrected chi connectivity index (χ3v) is 3.65. The summed E-state index contributed by atoms with van der Waals surface area (Å²) in [7, 11) is 0. The molecule has 3 N–H and O–H groups in total. The van der Waals surface area contributed by atoms with Crippen LogP contribution in [0, 0.1) is 5.92 Å². The van der Waals surface area contributed by atoms with Gasteiger partial charge in [-0.15, -0.1) is 0 Å². The number of nitrogens with one attached hydrogen (secondary N) is 1. The molecule has 0 unspecified atom stereocenters. The summed E-state index contributed by atoms with van der Waals surface area (Å²) >= 11 is 0. The van der Waals surface area contributed by atoms with Crippen molar-refractivity contribution in [2.75, 3.05) is 13.2 Å². The summed E-state index contributed by atoms with van der Waals surface area (Å²) in [5, 5.41) is 2.86. The molecular weight excluding hydrogens is 252 g/mol. The molecule has 4 nitrogen and oxygen atoms in total. The number of nitrogens with two attached hydrogens (primary N) is 1. The molecule has 110 valence electrons. The Morgan fingerprint density at radius 2 is 2.30 bits per heavy atom. The fourth-order valence-electron chi connectivity index (χ4n) is 2.42. The van der Waals surface area contributed by atoms with E-state index < -0.39 is 0 Å². The molecule has 0 aromatic heterocycles. The summed E-state index contributed by atoms with van der Waals surface area (Å²) in [6.45, 7) is 5.05. The van der Waals surface area contributed by atoms with Gasteiger partial charge in [0.15, 0.2) is 6.61 Å². The highest BCUT2D eigenvalue weighted by Crippen LogP contribution is 2.31.